The van der Waals surface area contributed by atoms with Gasteiger partial charge in [0, 0.05) is 24.2 Å². The number of hydrogen-bond donors (Lipinski definition) is 0. The lowest BCUT2D eigenvalue weighted by Crippen LogP contribution is -2.21. The van der Waals surface area contributed by atoms with Crippen LogP contribution in [0.5, 0.6) is 0 Å². The van der Waals surface area contributed by atoms with Gasteiger partial charge >= 0.3 is 0 Å². The first-order chi connectivity index (χ1) is 14.5. The smallest absolute Gasteiger partial charge is 0.260 e. The van der Waals surface area contributed by atoms with E-state index in [1.807, 2.05) is 0 Å². The molecule has 4 heterocycles. The van der Waals surface area contributed by atoms with Crippen molar-refractivity contribution in [3.8, 4) is 11.1 Å². The summed E-state index contributed by atoms with van der Waals surface area (Å²) < 4.78 is 31.5. The van der Waals surface area contributed by atoms with Gasteiger partial charge < -0.3 is 4.57 Å². The summed E-state index contributed by atoms with van der Waals surface area (Å²) in [5.41, 5.74) is 2.16. The summed E-state index contributed by atoms with van der Waals surface area (Å²) in [7, 11) is 0. The van der Waals surface area contributed by atoms with Gasteiger partial charge in [-0.3, -0.25) is 14.2 Å². The zero-order chi connectivity index (χ0) is 20.8. The molecule has 0 N–H and O–H groups in total. The Morgan fingerprint density at radius 3 is 2.73 bits per heavy atom. The largest absolute Gasteiger partial charge is 0.307 e. The fraction of sp³-hybridized carbons (Fsp3) is 0.0909. The van der Waals surface area contributed by atoms with Gasteiger partial charge in [-0.1, -0.05) is 6.07 Å². The Bertz CT molecular complexity index is 1470. The third-order valence-electron chi connectivity index (χ3n) is 4.96. The van der Waals surface area contributed by atoms with Crippen LogP contribution < -0.4 is 5.56 Å². The molecule has 0 saturated carbocycles. The molecule has 0 fully saturated rings. The predicted molar refractivity (Wildman–Crippen MR) is 108 cm³/mol. The van der Waals surface area contributed by atoms with Crippen molar-refractivity contribution >= 4 is 16.6 Å². The van der Waals surface area contributed by atoms with Gasteiger partial charge in [0.1, 0.15) is 5.82 Å². The van der Waals surface area contributed by atoms with E-state index < -0.39 is 11.6 Å². The van der Waals surface area contributed by atoms with Gasteiger partial charge in [-0.15, -0.1) is 10.2 Å². The SMILES string of the molecule is Cc1cc(F)cc(-c2cc(F)c3nnc(Cn4ccc5ncccc5c4=O)n3c2)c1. The van der Waals surface area contributed by atoms with Crippen LogP contribution in [0.1, 0.15) is 11.4 Å². The number of nitrogens with zero attached hydrogens (tertiary/aromatic N) is 5. The third-order valence-corrected chi connectivity index (χ3v) is 4.96. The van der Waals surface area contributed by atoms with Crippen LogP contribution in [0.4, 0.5) is 8.78 Å². The Hall–Kier alpha value is -3.94. The Morgan fingerprint density at radius 2 is 1.90 bits per heavy atom. The van der Waals surface area contributed by atoms with Gasteiger partial charge in [-0.2, -0.15) is 0 Å². The van der Waals surface area contributed by atoms with Crippen molar-refractivity contribution < 1.29 is 8.78 Å². The van der Waals surface area contributed by atoms with Gasteiger partial charge in [0.25, 0.3) is 5.56 Å². The summed E-state index contributed by atoms with van der Waals surface area (Å²) in [4.78, 5) is 16.9. The highest BCUT2D eigenvalue weighted by atomic mass is 19.1. The van der Waals surface area contributed by atoms with Crippen molar-refractivity contribution in [2.24, 2.45) is 0 Å². The van der Waals surface area contributed by atoms with E-state index in [1.54, 1.807) is 49.8 Å². The molecule has 0 aliphatic heterocycles. The highest BCUT2D eigenvalue weighted by Crippen LogP contribution is 2.24. The number of fused-ring (bicyclic) bond motifs is 2. The molecule has 5 rings (SSSR count). The number of pyridine rings is 3. The molecule has 0 spiro atoms. The molecular formula is C22H15F2N5O. The van der Waals surface area contributed by atoms with E-state index in [9.17, 15) is 13.6 Å². The Labute approximate surface area is 169 Å². The molecular weight excluding hydrogens is 388 g/mol. The van der Waals surface area contributed by atoms with E-state index in [0.29, 0.717) is 27.9 Å². The first-order valence-corrected chi connectivity index (χ1v) is 9.24. The molecule has 0 bridgehead atoms. The van der Waals surface area contributed by atoms with Crippen molar-refractivity contribution in [2.75, 3.05) is 0 Å². The van der Waals surface area contributed by atoms with Gasteiger partial charge in [0.2, 0.25) is 0 Å². The summed E-state index contributed by atoms with van der Waals surface area (Å²) in [6.07, 6.45) is 4.89. The highest BCUT2D eigenvalue weighted by Gasteiger charge is 2.14. The molecule has 0 unspecified atom stereocenters. The molecule has 148 valence electrons. The average molecular weight is 403 g/mol. The third kappa shape index (κ3) is 3.02. The molecule has 1 aromatic carbocycles. The molecule has 8 heteroatoms. The number of halogens is 2. The summed E-state index contributed by atoms with van der Waals surface area (Å²) in [6, 6.07) is 11.0. The van der Waals surface area contributed by atoms with E-state index in [2.05, 4.69) is 15.2 Å². The van der Waals surface area contributed by atoms with Gasteiger partial charge in [0.15, 0.2) is 17.3 Å². The molecule has 0 aliphatic rings. The minimum atomic E-state index is -0.580. The van der Waals surface area contributed by atoms with Gasteiger partial charge in [0.05, 0.1) is 17.4 Å². The number of benzene rings is 1. The van der Waals surface area contributed by atoms with Gasteiger partial charge in [-0.25, -0.2) is 8.78 Å². The Morgan fingerprint density at radius 1 is 1.03 bits per heavy atom. The van der Waals surface area contributed by atoms with E-state index in [-0.39, 0.29) is 17.8 Å². The fourth-order valence-electron chi connectivity index (χ4n) is 3.56. The van der Waals surface area contributed by atoms with Crippen LogP contribution >= 0.6 is 0 Å². The van der Waals surface area contributed by atoms with Crippen molar-refractivity contribution in [3.05, 3.63) is 94.4 Å². The second-order valence-electron chi connectivity index (χ2n) is 7.09. The van der Waals surface area contributed by atoms with Crippen molar-refractivity contribution in [1.29, 1.82) is 0 Å². The molecule has 5 aromatic rings. The first kappa shape index (κ1) is 18.1. The van der Waals surface area contributed by atoms with Crippen molar-refractivity contribution in [2.45, 2.75) is 13.5 Å². The zero-order valence-corrected chi connectivity index (χ0v) is 15.9. The molecule has 0 aliphatic carbocycles. The van der Waals surface area contributed by atoms with Crippen LogP contribution in [0.3, 0.4) is 0 Å². The molecule has 0 amide bonds. The Kier molecular flexibility index (Phi) is 4.13. The second kappa shape index (κ2) is 6.84. The second-order valence-corrected chi connectivity index (χ2v) is 7.09. The molecule has 30 heavy (non-hydrogen) atoms. The van der Waals surface area contributed by atoms with Crippen LogP contribution in [0, 0.1) is 18.6 Å². The predicted octanol–water partition coefficient (Wildman–Crippen LogP) is 3.74. The molecule has 6 nitrogen and oxygen atoms in total. The standard InChI is InChI=1S/C22H15F2N5O/c1-13-7-14(9-16(23)8-13)15-10-18(24)21-27-26-20(29(21)11-15)12-28-6-4-19-17(22(28)30)3-2-5-25-19/h2-11H,12H2,1H3. The van der Waals surface area contributed by atoms with E-state index in [1.165, 1.54) is 27.2 Å². The number of rotatable bonds is 3. The van der Waals surface area contributed by atoms with Crippen molar-refractivity contribution in [3.63, 3.8) is 0 Å². The van der Waals surface area contributed by atoms with Crippen LogP contribution in [0.2, 0.25) is 0 Å². The van der Waals surface area contributed by atoms with Crippen LogP contribution in [0.25, 0.3) is 27.7 Å². The summed E-state index contributed by atoms with van der Waals surface area (Å²) in [5, 5.41) is 8.46. The van der Waals surface area contributed by atoms with E-state index >= 15 is 0 Å². The summed E-state index contributed by atoms with van der Waals surface area (Å²) in [5.74, 6) is -0.599. The maximum absolute atomic E-state index is 14.7. The topological polar surface area (TPSA) is 65.1 Å². The fourth-order valence-corrected chi connectivity index (χ4v) is 3.56. The average Bonchev–Trinajstić information content (AvgIpc) is 3.13. The van der Waals surface area contributed by atoms with Gasteiger partial charge in [-0.05, 0) is 54.4 Å². The van der Waals surface area contributed by atoms with Crippen LogP contribution in [0.15, 0.2) is 65.8 Å². The lowest BCUT2D eigenvalue weighted by atomic mass is 10.0. The quantitative estimate of drug-likeness (QED) is 0.460. The summed E-state index contributed by atoms with van der Waals surface area (Å²) >= 11 is 0. The maximum atomic E-state index is 14.7. The normalized spacial score (nSPS) is 11.4. The highest BCUT2D eigenvalue weighted by molar-refractivity contribution is 5.76. The Balaban J connectivity index is 1.63. The number of hydrogen-bond acceptors (Lipinski definition) is 4. The van der Waals surface area contributed by atoms with Crippen molar-refractivity contribution in [1.82, 2.24) is 24.1 Å². The summed E-state index contributed by atoms with van der Waals surface area (Å²) in [6.45, 7) is 1.86. The molecule has 0 saturated heterocycles. The minimum Gasteiger partial charge on any atom is -0.307 e. The lowest BCUT2D eigenvalue weighted by molar-refractivity contribution is 0.625. The first-order valence-electron chi connectivity index (χ1n) is 9.24. The molecule has 0 atom stereocenters. The van der Waals surface area contributed by atoms with E-state index in [0.717, 1.165) is 5.56 Å². The minimum absolute atomic E-state index is 0.0392. The number of aryl methyl sites for hydroxylation is 1. The van der Waals surface area contributed by atoms with Crippen LogP contribution in [-0.4, -0.2) is 24.1 Å². The maximum Gasteiger partial charge on any atom is 0.260 e. The number of aromatic nitrogens is 5. The zero-order valence-electron chi connectivity index (χ0n) is 15.9. The lowest BCUT2D eigenvalue weighted by Gasteiger charge is -2.08. The van der Waals surface area contributed by atoms with E-state index in [4.69, 9.17) is 0 Å². The molecule has 0 radical (unpaired) electrons. The van der Waals surface area contributed by atoms with Crippen LogP contribution in [-0.2, 0) is 6.54 Å². The monoisotopic (exact) mass is 403 g/mol. The molecule has 4 aromatic heterocycles.